The van der Waals surface area contributed by atoms with Crippen LogP contribution in [-0.4, -0.2) is 20.9 Å². The third-order valence-corrected chi connectivity index (χ3v) is 3.45. The predicted octanol–water partition coefficient (Wildman–Crippen LogP) is 3.44. The van der Waals surface area contributed by atoms with Crippen molar-refractivity contribution in [1.82, 2.24) is 9.78 Å². The van der Waals surface area contributed by atoms with Gasteiger partial charge in [-0.2, -0.15) is 5.10 Å². The SMILES string of the molecule is CCCCc1nn(C)cc1-c1cc(C(=O)O)ccc1C. The fourth-order valence-electron chi connectivity index (χ4n) is 2.33. The molecule has 4 nitrogen and oxygen atoms in total. The maximum Gasteiger partial charge on any atom is 0.335 e. The van der Waals surface area contributed by atoms with Crippen LogP contribution in [0.3, 0.4) is 0 Å². The number of hydrogen-bond acceptors (Lipinski definition) is 2. The summed E-state index contributed by atoms with van der Waals surface area (Å²) in [6, 6.07) is 5.24. The lowest BCUT2D eigenvalue weighted by Gasteiger charge is -2.07. The fraction of sp³-hybridized carbons (Fsp3) is 0.375. The Kier molecular flexibility index (Phi) is 4.23. The number of unbranched alkanes of at least 4 members (excludes halogenated alkanes) is 1. The molecule has 4 heteroatoms. The molecule has 0 amide bonds. The number of aromatic nitrogens is 2. The largest absolute Gasteiger partial charge is 0.478 e. The van der Waals surface area contributed by atoms with Gasteiger partial charge in [0.2, 0.25) is 0 Å². The molecule has 0 atom stereocenters. The van der Waals surface area contributed by atoms with Crippen LogP contribution in [0.1, 0.15) is 41.4 Å². The van der Waals surface area contributed by atoms with E-state index in [2.05, 4.69) is 12.0 Å². The summed E-state index contributed by atoms with van der Waals surface area (Å²) >= 11 is 0. The van der Waals surface area contributed by atoms with Crippen molar-refractivity contribution in [2.24, 2.45) is 7.05 Å². The van der Waals surface area contributed by atoms with Gasteiger partial charge in [0.05, 0.1) is 11.3 Å². The highest BCUT2D eigenvalue weighted by atomic mass is 16.4. The van der Waals surface area contributed by atoms with Crippen LogP contribution < -0.4 is 0 Å². The lowest BCUT2D eigenvalue weighted by molar-refractivity contribution is 0.0697. The standard InChI is InChI=1S/C16H20N2O2/c1-4-5-6-15-14(10-18(3)17-15)13-9-12(16(19)20)8-7-11(13)2/h7-10H,4-6H2,1-3H3,(H,19,20). The first-order valence-electron chi connectivity index (χ1n) is 6.89. The monoisotopic (exact) mass is 272 g/mol. The van der Waals surface area contributed by atoms with E-state index in [0.29, 0.717) is 5.56 Å². The molecule has 1 aromatic carbocycles. The fourth-order valence-corrected chi connectivity index (χ4v) is 2.33. The lowest BCUT2D eigenvalue weighted by Crippen LogP contribution is -1.98. The van der Waals surface area contributed by atoms with E-state index in [1.165, 1.54) is 0 Å². The van der Waals surface area contributed by atoms with E-state index in [4.69, 9.17) is 5.11 Å². The summed E-state index contributed by atoms with van der Waals surface area (Å²) in [6.07, 6.45) is 5.09. The Morgan fingerprint density at radius 2 is 2.10 bits per heavy atom. The van der Waals surface area contributed by atoms with Crippen LogP contribution in [0.25, 0.3) is 11.1 Å². The number of rotatable bonds is 5. The minimum absolute atomic E-state index is 0.316. The smallest absolute Gasteiger partial charge is 0.335 e. The molecule has 2 rings (SSSR count). The lowest BCUT2D eigenvalue weighted by atomic mass is 9.97. The van der Waals surface area contributed by atoms with Gasteiger partial charge >= 0.3 is 5.97 Å². The molecule has 0 aliphatic heterocycles. The van der Waals surface area contributed by atoms with Crippen molar-refractivity contribution in [3.63, 3.8) is 0 Å². The third-order valence-electron chi connectivity index (χ3n) is 3.45. The molecule has 0 saturated carbocycles. The summed E-state index contributed by atoms with van der Waals surface area (Å²) in [5.74, 6) is -0.898. The van der Waals surface area contributed by atoms with Gasteiger partial charge in [0, 0.05) is 18.8 Å². The van der Waals surface area contributed by atoms with Gasteiger partial charge < -0.3 is 5.11 Å². The van der Waals surface area contributed by atoms with E-state index in [9.17, 15) is 4.79 Å². The average Bonchev–Trinajstić information content (AvgIpc) is 2.77. The molecule has 1 aromatic heterocycles. The quantitative estimate of drug-likeness (QED) is 0.907. The molecular weight excluding hydrogens is 252 g/mol. The molecule has 0 spiro atoms. The highest BCUT2D eigenvalue weighted by Crippen LogP contribution is 2.28. The third kappa shape index (κ3) is 2.90. The van der Waals surface area contributed by atoms with Gasteiger partial charge in [-0.25, -0.2) is 4.79 Å². The Bertz CT molecular complexity index is 629. The van der Waals surface area contributed by atoms with Crippen molar-refractivity contribution in [2.75, 3.05) is 0 Å². The van der Waals surface area contributed by atoms with Gasteiger partial charge in [0.15, 0.2) is 0 Å². The molecule has 0 radical (unpaired) electrons. The van der Waals surface area contributed by atoms with Crippen LogP contribution in [0.2, 0.25) is 0 Å². The van der Waals surface area contributed by atoms with E-state index < -0.39 is 5.97 Å². The zero-order valence-electron chi connectivity index (χ0n) is 12.2. The minimum atomic E-state index is -0.898. The number of carboxylic acid groups (broad SMARTS) is 1. The number of aryl methyl sites for hydroxylation is 3. The second kappa shape index (κ2) is 5.90. The van der Waals surface area contributed by atoms with Gasteiger partial charge in [0.25, 0.3) is 0 Å². The van der Waals surface area contributed by atoms with Crippen LogP contribution in [0.15, 0.2) is 24.4 Å². The van der Waals surface area contributed by atoms with E-state index in [0.717, 1.165) is 41.6 Å². The molecule has 2 aromatic rings. The number of nitrogens with zero attached hydrogens (tertiary/aromatic N) is 2. The van der Waals surface area contributed by atoms with E-state index in [1.807, 2.05) is 26.2 Å². The number of benzene rings is 1. The van der Waals surface area contributed by atoms with Crippen LogP contribution in [0.4, 0.5) is 0 Å². The topological polar surface area (TPSA) is 55.1 Å². The van der Waals surface area contributed by atoms with Gasteiger partial charge in [0.1, 0.15) is 0 Å². The molecule has 0 fully saturated rings. The van der Waals surface area contributed by atoms with Gasteiger partial charge in [-0.05, 0) is 43.0 Å². The zero-order chi connectivity index (χ0) is 14.7. The molecule has 0 unspecified atom stereocenters. The molecule has 0 aliphatic rings. The number of hydrogen-bond donors (Lipinski definition) is 1. The summed E-state index contributed by atoms with van der Waals surface area (Å²) in [5, 5.41) is 13.7. The maximum atomic E-state index is 11.1. The molecule has 0 saturated heterocycles. The Morgan fingerprint density at radius 1 is 1.35 bits per heavy atom. The van der Waals surface area contributed by atoms with Gasteiger partial charge in [-0.15, -0.1) is 0 Å². The zero-order valence-corrected chi connectivity index (χ0v) is 12.2. The summed E-state index contributed by atoms with van der Waals surface area (Å²) in [4.78, 5) is 11.1. The van der Waals surface area contributed by atoms with Crippen molar-refractivity contribution < 1.29 is 9.90 Å². The van der Waals surface area contributed by atoms with E-state index in [-0.39, 0.29) is 0 Å². The molecule has 1 N–H and O–H groups in total. The summed E-state index contributed by atoms with van der Waals surface area (Å²) in [7, 11) is 1.90. The van der Waals surface area contributed by atoms with Crippen LogP contribution >= 0.6 is 0 Å². The molecule has 106 valence electrons. The summed E-state index contributed by atoms with van der Waals surface area (Å²) in [6.45, 7) is 4.15. The number of aromatic carboxylic acids is 1. The number of carbonyl (C=O) groups is 1. The highest BCUT2D eigenvalue weighted by molar-refractivity contribution is 5.90. The van der Waals surface area contributed by atoms with Crippen molar-refractivity contribution in [3.05, 3.63) is 41.2 Å². The van der Waals surface area contributed by atoms with Crippen molar-refractivity contribution in [1.29, 1.82) is 0 Å². The normalized spacial score (nSPS) is 10.8. The second-order valence-corrected chi connectivity index (χ2v) is 5.10. The second-order valence-electron chi connectivity index (χ2n) is 5.10. The predicted molar refractivity (Wildman–Crippen MR) is 79.0 cm³/mol. The molecular formula is C16H20N2O2. The molecule has 1 heterocycles. The van der Waals surface area contributed by atoms with E-state index in [1.54, 1.807) is 16.8 Å². The van der Waals surface area contributed by atoms with Gasteiger partial charge in [-0.1, -0.05) is 19.4 Å². The summed E-state index contributed by atoms with van der Waals surface area (Å²) in [5.41, 5.74) is 4.43. The Balaban J connectivity index is 2.50. The first-order valence-corrected chi connectivity index (χ1v) is 6.89. The maximum absolute atomic E-state index is 11.1. The van der Waals surface area contributed by atoms with Crippen molar-refractivity contribution >= 4 is 5.97 Å². The molecule has 0 aliphatic carbocycles. The Hall–Kier alpha value is -2.10. The average molecular weight is 272 g/mol. The van der Waals surface area contributed by atoms with Crippen LogP contribution in [0, 0.1) is 6.92 Å². The van der Waals surface area contributed by atoms with Crippen molar-refractivity contribution in [2.45, 2.75) is 33.1 Å². The van der Waals surface area contributed by atoms with E-state index >= 15 is 0 Å². The van der Waals surface area contributed by atoms with Crippen LogP contribution in [0.5, 0.6) is 0 Å². The Morgan fingerprint density at radius 3 is 2.75 bits per heavy atom. The summed E-state index contributed by atoms with van der Waals surface area (Å²) < 4.78 is 1.80. The molecule has 20 heavy (non-hydrogen) atoms. The molecule has 0 bridgehead atoms. The van der Waals surface area contributed by atoms with Crippen LogP contribution in [-0.2, 0) is 13.5 Å². The first kappa shape index (κ1) is 14.3. The minimum Gasteiger partial charge on any atom is -0.478 e. The highest BCUT2D eigenvalue weighted by Gasteiger charge is 2.14. The van der Waals surface area contributed by atoms with Gasteiger partial charge in [-0.3, -0.25) is 4.68 Å². The van der Waals surface area contributed by atoms with Crippen molar-refractivity contribution in [3.8, 4) is 11.1 Å². The number of carboxylic acids is 1. The first-order chi connectivity index (χ1) is 9.52. The Labute approximate surface area is 119 Å².